The van der Waals surface area contributed by atoms with Crippen molar-refractivity contribution in [1.82, 2.24) is 8.87 Å². The van der Waals surface area contributed by atoms with E-state index in [0.29, 0.717) is 28.4 Å². The molecule has 1 amide bonds. The van der Waals surface area contributed by atoms with Crippen molar-refractivity contribution in [3.05, 3.63) is 46.8 Å². The molecule has 3 aromatic rings. The summed E-state index contributed by atoms with van der Waals surface area (Å²) < 4.78 is 40.4. The number of fused-ring (bicyclic) bond motifs is 1. The first-order chi connectivity index (χ1) is 15.3. The van der Waals surface area contributed by atoms with Crippen molar-refractivity contribution < 1.29 is 22.7 Å². The summed E-state index contributed by atoms with van der Waals surface area (Å²) in [4.78, 5) is 17.9. The van der Waals surface area contributed by atoms with Crippen LogP contribution in [0.1, 0.15) is 30.1 Å². The third kappa shape index (κ3) is 4.05. The summed E-state index contributed by atoms with van der Waals surface area (Å²) in [6, 6.07) is 9.75. The highest BCUT2D eigenvalue weighted by Crippen LogP contribution is 2.33. The Morgan fingerprint density at radius 1 is 1.16 bits per heavy atom. The Morgan fingerprint density at radius 2 is 1.78 bits per heavy atom. The van der Waals surface area contributed by atoms with Gasteiger partial charge in [0, 0.05) is 37.3 Å². The second-order valence-electron chi connectivity index (χ2n) is 7.50. The molecule has 0 atom stereocenters. The summed E-state index contributed by atoms with van der Waals surface area (Å²) in [5.41, 5.74) is 1.22. The number of hydrogen-bond donors (Lipinski definition) is 0. The molecule has 0 N–H and O–H groups in total. The number of carbonyl (C=O) groups is 1. The van der Waals surface area contributed by atoms with E-state index in [1.807, 2.05) is 23.6 Å². The molecule has 10 heteroatoms. The van der Waals surface area contributed by atoms with Crippen molar-refractivity contribution in [2.24, 2.45) is 4.99 Å². The molecule has 1 fully saturated rings. The first-order valence-corrected chi connectivity index (χ1v) is 12.5. The van der Waals surface area contributed by atoms with Gasteiger partial charge in [-0.25, -0.2) is 8.42 Å². The van der Waals surface area contributed by atoms with E-state index >= 15 is 0 Å². The van der Waals surface area contributed by atoms with Gasteiger partial charge >= 0.3 is 0 Å². The zero-order valence-electron chi connectivity index (χ0n) is 18.4. The highest BCUT2D eigenvalue weighted by Gasteiger charge is 2.35. The van der Waals surface area contributed by atoms with E-state index in [9.17, 15) is 13.2 Å². The van der Waals surface area contributed by atoms with Crippen LogP contribution in [-0.2, 0) is 16.6 Å². The number of amides is 1. The first-order valence-electron chi connectivity index (χ1n) is 10.2. The van der Waals surface area contributed by atoms with Crippen molar-refractivity contribution >= 4 is 37.5 Å². The van der Waals surface area contributed by atoms with Gasteiger partial charge in [-0.15, -0.1) is 0 Å². The van der Waals surface area contributed by atoms with Gasteiger partial charge in [0.25, 0.3) is 5.91 Å². The van der Waals surface area contributed by atoms with Crippen molar-refractivity contribution in [1.29, 1.82) is 0 Å². The number of sulfonamides is 1. The summed E-state index contributed by atoms with van der Waals surface area (Å²) in [6.07, 6.45) is 1.77. The average Bonchev–Trinajstić information content (AvgIpc) is 3.59. The molecule has 0 spiro atoms. The Labute approximate surface area is 190 Å². The Hall–Kier alpha value is -2.69. The van der Waals surface area contributed by atoms with Crippen LogP contribution in [0.3, 0.4) is 0 Å². The van der Waals surface area contributed by atoms with Crippen molar-refractivity contribution in [2.75, 3.05) is 21.3 Å². The number of rotatable bonds is 7. The van der Waals surface area contributed by atoms with Crippen LogP contribution in [0.2, 0.25) is 0 Å². The fourth-order valence-corrected chi connectivity index (χ4v) is 6.03. The van der Waals surface area contributed by atoms with Gasteiger partial charge in [0.1, 0.15) is 0 Å². The van der Waals surface area contributed by atoms with Gasteiger partial charge in [-0.2, -0.15) is 9.30 Å². The highest BCUT2D eigenvalue weighted by atomic mass is 32.2. The third-order valence-corrected chi connectivity index (χ3v) is 8.51. The fraction of sp³-hybridized carbons (Fsp3) is 0.364. The van der Waals surface area contributed by atoms with Gasteiger partial charge in [0.05, 0.1) is 29.3 Å². The van der Waals surface area contributed by atoms with Crippen molar-refractivity contribution in [2.45, 2.75) is 37.2 Å². The monoisotopic (exact) mass is 475 g/mol. The molecule has 1 saturated carbocycles. The van der Waals surface area contributed by atoms with Crippen LogP contribution in [0, 0.1) is 0 Å². The van der Waals surface area contributed by atoms with Gasteiger partial charge < -0.3 is 14.0 Å². The molecular weight excluding hydrogens is 450 g/mol. The number of benzene rings is 2. The van der Waals surface area contributed by atoms with Crippen LogP contribution < -0.4 is 14.3 Å². The second kappa shape index (κ2) is 8.68. The smallest absolute Gasteiger partial charge is 0.279 e. The summed E-state index contributed by atoms with van der Waals surface area (Å²) >= 11 is 1.38. The Bertz CT molecular complexity index is 1340. The number of methoxy groups -OCH3 is 2. The minimum atomic E-state index is -3.55. The molecule has 0 saturated heterocycles. The minimum absolute atomic E-state index is 0.0750. The summed E-state index contributed by atoms with van der Waals surface area (Å²) in [5.74, 6) is 0.776. The molecule has 0 radical (unpaired) electrons. The number of thiazole rings is 1. The Balaban J connectivity index is 1.68. The summed E-state index contributed by atoms with van der Waals surface area (Å²) in [7, 11) is 1.19. The molecule has 1 heterocycles. The van der Waals surface area contributed by atoms with E-state index in [2.05, 4.69) is 4.99 Å². The molecule has 0 bridgehead atoms. The van der Waals surface area contributed by atoms with E-state index in [1.165, 1.54) is 39.9 Å². The number of aromatic nitrogens is 1. The Morgan fingerprint density at radius 3 is 2.34 bits per heavy atom. The Kier molecular flexibility index (Phi) is 6.11. The first kappa shape index (κ1) is 22.5. The number of hydrogen-bond acceptors (Lipinski definition) is 6. The lowest BCUT2D eigenvalue weighted by Gasteiger charge is -2.16. The lowest BCUT2D eigenvalue weighted by molar-refractivity contribution is 0.0997. The molecule has 170 valence electrons. The number of carbonyl (C=O) groups excluding carboxylic acids is 1. The van der Waals surface area contributed by atoms with Crippen molar-refractivity contribution in [3.8, 4) is 11.5 Å². The van der Waals surface area contributed by atoms with Crippen molar-refractivity contribution in [3.63, 3.8) is 0 Å². The van der Waals surface area contributed by atoms with Gasteiger partial charge in [0.2, 0.25) is 10.0 Å². The zero-order chi connectivity index (χ0) is 23.0. The average molecular weight is 476 g/mol. The number of ether oxygens (including phenoxy) is 2. The topological polar surface area (TPSA) is 90.2 Å². The quantitative estimate of drug-likeness (QED) is 0.523. The molecular formula is C22H25N3O5S2. The molecule has 0 aliphatic heterocycles. The molecule has 1 aliphatic rings. The molecule has 4 rings (SSSR count). The highest BCUT2D eigenvalue weighted by molar-refractivity contribution is 7.89. The lowest BCUT2D eigenvalue weighted by atomic mass is 10.2. The normalized spacial score (nSPS) is 14.8. The largest absolute Gasteiger partial charge is 0.493 e. The van der Waals surface area contributed by atoms with Crippen LogP contribution in [0.15, 0.2) is 46.3 Å². The molecule has 32 heavy (non-hydrogen) atoms. The van der Waals surface area contributed by atoms with Crippen LogP contribution in [0.4, 0.5) is 0 Å². The second-order valence-corrected chi connectivity index (χ2v) is 10.5. The predicted octanol–water partition coefficient (Wildman–Crippen LogP) is 3.26. The van der Waals surface area contributed by atoms with E-state index in [0.717, 1.165) is 23.1 Å². The lowest BCUT2D eigenvalue weighted by Crippen LogP contribution is -2.28. The molecule has 1 aromatic heterocycles. The van der Waals surface area contributed by atoms with Gasteiger partial charge in [-0.05, 0) is 44.0 Å². The third-order valence-electron chi connectivity index (χ3n) is 5.54. The van der Waals surface area contributed by atoms with Crippen LogP contribution in [-0.4, -0.2) is 50.5 Å². The molecule has 0 unspecified atom stereocenters. The summed E-state index contributed by atoms with van der Waals surface area (Å²) in [5, 5.41) is 0. The van der Waals surface area contributed by atoms with Crippen LogP contribution in [0.25, 0.3) is 10.2 Å². The maximum atomic E-state index is 12.8. The predicted molar refractivity (Wildman–Crippen MR) is 123 cm³/mol. The maximum absolute atomic E-state index is 12.8. The number of nitrogens with zero attached hydrogens (tertiary/aromatic N) is 3. The molecule has 1 aliphatic carbocycles. The zero-order valence-corrected chi connectivity index (χ0v) is 20.0. The summed E-state index contributed by atoms with van der Waals surface area (Å²) in [6.45, 7) is 2.59. The SMILES string of the molecule is CCn1c(=NC(=O)c2ccc(S(=O)(=O)N(C)C3CC3)cc2)sc2cc(OC)c(OC)cc21. The molecule has 8 nitrogen and oxygen atoms in total. The number of aryl methyl sites for hydroxylation is 1. The van der Waals surface area contributed by atoms with E-state index in [1.54, 1.807) is 21.3 Å². The maximum Gasteiger partial charge on any atom is 0.279 e. The van der Waals surface area contributed by atoms with Gasteiger partial charge in [-0.1, -0.05) is 11.3 Å². The van der Waals surface area contributed by atoms with Crippen LogP contribution >= 0.6 is 11.3 Å². The van der Waals surface area contributed by atoms with E-state index < -0.39 is 15.9 Å². The molecule has 2 aromatic carbocycles. The fourth-order valence-electron chi connectivity index (χ4n) is 3.51. The van der Waals surface area contributed by atoms with Gasteiger partial charge in [-0.3, -0.25) is 4.79 Å². The minimum Gasteiger partial charge on any atom is -0.493 e. The van der Waals surface area contributed by atoms with Crippen LogP contribution in [0.5, 0.6) is 11.5 Å². The van der Waals surface area contributed by atoms with E-state index in [-0.39, 0.29) is 10.9 Å². The van der Waals surface area contributed by atoms with Gasteiger partial charge in [0.15, 0.2) is 16.3 Å². The van der Waals surface area contributed by atoms with E-state index in [4.69, 9.17) is 9.47 Å². The standard InChI is InChI=1S/C22H25N3O5S2/c1-5-25-17-12-18(29-3)19(30-4)13-20(17)31-22(25)23-21(26)14-6-10-16(11-7-14)32(27,28)24(2)15-8-9-15/h6-7,10-13,15H,5,8-9H2,1-4H3.